The van der Waals surface area contributed by atoms with E-state index >= 15 is 0 Å². The molecule has 0 atom stereocenters. The van der Waals surface area contributed by atoms with Crippen LogP contribution in [0.4, 0.5) is 5.82 Å². The Labute approximate surface area is 166 Å². The minimum Gasteiger partial charge on any atom is -0.489 e. The van der Waals surface area contributed by atoms with E-state index in [1.165, 1.54) is 6.39 Å². The van der Waals surface area contributed by atoms with Crippen molar-refractivity contribution in [2.45, 2.75) is 20.4 Å². The molecular weight excluding hydrogens is 410 g/mol. The number of benzene rings is 1. The molecule has 3 aromatic rings. The predicted molar refractivity (Wildman–Crippen MR) is 106 cm³/mol. The van der Waals surface area contributed by atoms with Crippen molar-refractivity contribution < 1.29 is 9.15 Å². The smallest absolute Gasteiger partial charge is 0.267 e. The molecule has 1 aromatic carbocycles. The van der Waals surface area contributed by atoms with E-state index in [9.17, 15) is 0 Å². The van der Waals surface area contributed by atoms with Crippen molar-refractivity contribution in [3.8, 4) is 17.3 Å². The molecule has 0 amide bonds. The quantitative estimate of drug-likeness (QED) is 0.494. The molecule has 2 heterocycles. The summed E-state index contributed by atoms with van der Waals surface area (Å²) in [5.41, 5.74) is 2.56. The van der Waals surface area contributed by atoms with Crippen LogP contribution in [0.5, 0.6) is 5.75 Å². The maximum atomic E-state index is 5.89. The van der Waals surface area contributed by atoms with Crippen LogP contribution in [-0.4, -0.2) is 33.5 Å². The van der Waals surface area contributed by atoms with Crippen molar-refractivity contribution >= 4 is 21.7 Å². The number of ether oxygens (including phenoxy) is 1. The Morgan fingerprint density at radius 3 is 2.70 bits per heavy atom. The van der Waals surface area contributed by atoms with Gasteiger partial charge in [0.25, 0.3) is 5.89 Å². The maximum Gasteiger partial charge on any atom is 0.267 e. The first-order valence-electron chi connectivity index (χ1n) is 8.47. The van der Waals surface area contributed by atoms with E-state index in [0.717, 1.165) is 33.7 Å². The summed E-state index contributed by atoms with van der Waals surface area (Å²) in [6.07, 6.45) is 1.27. The molecule has 7 nitrogen and oxygen atoms in total. The van der Waals surface area contributed by atoms with Crippen molar-refractivity contribution in [1.29, 1.82) is 0 Å². The molecule has 0 fully saturated rings. The lowest BCUT2D eigenvalue weighted by Crippen LogP contribution is -2.24. The van der Waals surface area contributed by atoms with E-state index in [1.807, 2.05) is 31.2 Å². The van der Waals surface area contributed by atoms with Gasteiger partial charge in [0.05, 0.1) is 0 Å². The lowest BCUT2D eigenvalue weighted by molar-refractivity contribution is 0.348. The average molecular weight is 430 g/mol. The first kappa shape index (κ1) is 19.0. The molecule has 0 radical (unpaired) electrons. The van der Waals surface area contributed by atoms with Gasteiger partial charge >= 0.3 is 0 Å². The monoisotopic (exact) mass is 429 g/mol. The maximum absolute atomic E-state index is 5.89. The minimum absolute atomic E-state index is 0.347. The van der Waals surface area contributed by atoms with Crippen molar-refractivity contribution in [3.05, 3.63) is 58.9 Å². The summed E-state index contributed by atoms with van der Waals surface area (Å²) in [6, 6.07) is 9.68. The Balaban J connectivity index is 1.80. The molecule has 0 spiro atoms. The summed E-state index contributed by atoms with van der Waals surface area (Å²) < 4.78 is 12.0. The number of halogens is 1. The fourth-order valence-electron chi connectivity index (χ4n) is 2.47. The third-order valence-corrected chi connectivity index (χ3v) is 4.29. The summed E-state index contributed by atoms with van der Waals surface area (Å²) in [4.78, 5) is 2.11. The first-order valence-corrected chi connectivity index (χ1v) is 9.27. The third-order valence-electron chi connectivity index (χ3n) is 3.79. The van der Waals surface area contributed by atoms with E-state index in [4.69, 9.17) is 9.15 Å². The number of anilines is 1. The second-order valence-electron chi connectivity index (χ2n) is 6.03. The molecule has 0 aliphatic rings. The molecule has 27 heavy (non-hydrogen) atoms. The van der Waals surface area contributed by atoms with Gasteiger partial charge in [0.2, 0.25) is 6.39 Å². The average Bonchev–Trinajstić information content (AvgIpc) is 3.20. The van der Waals surface area contributed by atoms with Crippen molar-refractivity contribution in [1.82, 2.24) is 20.4 Å². The van der Waals surface area contributed by atoms with Crippen LogP contribution in [0.1, 0.15) is 19.4 Å². The number of rotatable bonds is 8. The topological polar surface area (TPSA) is 77.2 Å². The molecule has 0 unspecified atom stereocenters. The Bertz CT molecular complexity index is 897. The van der Waals surface area contributed by atoms with Gasteiger partial charge in [-0.3, -0.25) is 0 Å². The highest BCUT2D eigenvalue weighted by Crippen LogP contribution is 2.27. The predicted octanol–water partition coefficient (Wildman–Crippen LogP) is 4.27. The van der Waals surface area contributed by atoms with Crippen LogP contribution < -0.4 is 9.64 Å². The van der Waals surface area contributed by atoms with Gasteiger partial charge < -0.3 is 14.1 Å². The Hall–Kier alpha value is -2.74. The normalized spacial score (nSPS) is 10.6. The first-order chi connectivity index (χ1) is 13.1. The van der Waals surface area contributed by atoms with Crippen LogP contribution >= 0.6 is 15.9 Å². The Kier molecular flexibility index (Phi) is 6.18. The number of nitrogens with zero attached hydrogens (tertiary/aromatic N) is 5. The number of hydrogen-bond donors (Lipinski definition) is 0. The zero-order chi connectivity index (χ0) is 19.2. The molecular formula is C19H20BrN5O2. The summed E-state index contributed by atoms with van der Waals surface area (Å²) in [5, 5.41) is 16.0. The summed E-state index contributed by atoms with van der Waals surface area (Å²) >= 11 is 3.53. The van der Waals surface area contributed by atoms with Crippen LogP contribution in [0.2, 0.25) is 0 Å². The van der Waals surface area contributed by atoms with Crippen LogP contribution in [0.25, 0.3) is 11.6 Å². The van der Waals surface area contributed by atoms with E-state index in [0.29, 0.717) is 24.7 Å². The summed E-state index contributed by atoms with van der Waals surface area (Å²) in [5.74, 6) is 1.93. The van der Waals surface area contributed by atoms with Gasteiger partial charge in [-0.05, 0) is 49.8 Å². The summed E-state index contributed by atoms with van der Waals surface area (Å²) in [6.45, 7) is 9.79. The number of aromatic nitrogens is 4. The molecule has 3 rings (SSSR count). The Morgan fingerprint density at radius 1 is 1.22 bits per heavy atom. The largest absolute Gasteiger partial charge is 0.489 e. The molecule has 140 valence electrons. The fraction of sp³-hybridized carbons (Fsp3) is 0.263. The molecule has 2 aromatic heterocycles. The zero-order valence-corrected chi connectivity index (χ0v) is 16.8. The molecule has 0 saturated heterocycles. The summed E-state index contributed by atoms with van der Waals surface area (Å²) in [7, 11) is 0. The Morgan fingerprint density at radius 2 is 2.07 bits per heavy atom. The van der Waals surface area contributed by atoms with Gasteiger partial charge in [-0.2, -0.15) is 0 Å². The van der Waals surface area contributed by atoms with E-state index < -0.39 is 0 Å². The van der Waals surface area contributed by atoms with Gasteiger partial charge in [-0.1, -0.05) is 22.5 Å². The van der Waals surface area contributed by atoms with Gasteiger partial charge in [-0.15, -0.1) is 20.4 Å². The zero-order valence-electron chi connectivity index (χ0n) is 15.2. The van der Waals surface area contributed by atoms with Gasteiger partial charge in [-0.25, -0.2) is 0 Å². The highest BCUT2D eigenvalue weighted by atomic mass is 79.9. The fourth-order valence-corrected chi connectivity index (χ4v) is 2.87. The van der Waals surface area contributed by atoms with Crippen LogP contribution in [0.15, 0.2) is 57.8 Å². The number of hydrogen-bond acceptors (Lipinski definition) is 7. The molecule has 0 aliphatic carbocycles. The lowest BCUT2D eigenvalue weighted by atomic mass is 10.2. The minimum atomic E-state index is 0.347. The van der Waals surface area contributed by atoms with Crippen molar-refractivity contribution in [3.63, 3.8) is 0 Å². The van der Waals surface area contributed by atoms with E-state index in [1.54, 1.807) is 0 Å². The van der Waals surface area contributed by atoms with Gasteiger partial charge in [0, 0.05) is 23.1 Å². The second kappa shape index (κ2) is 8.77. The lowest BCUT2D eigenvalue weighted by Gasteiger charge is -2.23. The third kappa shape index (κ3) is 4.91. The van der Waals surface area contributed by atoms with Crippen molar-refractivity contribution in [2.24, 2.45) is 0 Å². The van der Waals surface area contributed by atoms with Crippen LogP contribution in [0, 0.1) is 0 Å². The molecule has 0 aliphatic heterocycles. The van der Waals surface area contributed by atoms with E-state index in [-0.39, 0.29) is 0 Å². The molecule has 0 saturated carbocycles. The molecule has 8 heteroatoms. The highest BCUT2D eigenvalue weighted by Gasteiger charge is 2.14. The highest BCUT2D eigenvalue weighted by molar-refractivity contribution is 9.10. The van der Waals surface area contributed by atoms with Crippen LogP contribution in [0.3, 0.4) is 0 Å². The molecule has 0 bridgehead atoms. The second-order valence-corrected chi connectivity index (χ2v) is 6.95. The van der Waals surface area contributed by atoms with E-state index in [2.05, 4.69) is 60.8 Å². The molecule has 0 N–H and O–H groups in total. The van der Waals surface area contributed by atoms with Gasteiger partial charge in [0.15, 0.2) is 5.82 Å². The SMILES string of the molecule is C=C(C)COc1ccc(Br)cc1CN(CC)c1ccc(-c2nnco2)nn1. The van der Waals surface area contributed by atoms with Crippen LogP contribution in [-0.2, 0) is 6.54 Å². The van der Waals surface area contributed by atoms with Gasteiger partial charge in [0.1, 0.15) is 18.1 Å². The van der Waals surface area contributed by atoms with Crippen molar-refractivity contribution in [2.75, 3.05) is 18.1 Å². The standard InChI is InChI=1S/C19H20BrN5O2/c1-4-25(18-8-6-16(22-23-18)19-24-21-12-27-19)10-14-9-15(20)5-7-17(14)26-11-13(2)3/h5-9,12H,2,4,10-11H2,1,3H3.